The molecule has 1 fully saturated rings. The number of nitrogens with two attached hydrogens (primary N) is 2. The third-order valence-electron chi connectivity index (χ3n) is 7.01. The fourth-order valence-electron chi connectivity index (χ4n) is 4.96. The molecule has 2 heterocycles. The van der Waals surface area contributed by atoms with E-state index >= 15 is 0 Å². The number of hydrogen-bond donors (Lipinski definition) is 5. The summed E-state index contributed by atoms with van der Waals surface area (Å²) in [6.45, 7) is 0.887. The average Bonchev–Trinajstić information content (AvgIpc) is 3.61. The summed E-state index contributed by atoms with van der Waals surface area (Å²) in [6, 6.07) is 15.8. The summed E-state index contributed by atoms with van der Waals surface area (Å²) in [7, 11) is 1.76. The lowest BCUT2D eigenvalue weighted by atomic mass is 10.0. The van der Waals surface area contributed by atoms with Crippen molar-refractivity contribution in [1.82, 2.24) is 20.5 Å². The molecule has 11 heteroatoms. The highest BCUT2D eigenvalue weighted by Gasteiger charge is 2.38. The number of likely N-dealkylation sites (N-methyl/N-ethyl adjacent to an activating group) is 1. The van der Waals surface area contributed by atoms with Gasteiger partial charge in [0, 0.05) is 13.1 Å². The molecule has 3 aromatic rings. The second kappa shape index (κ2) is 13.5. The molecule has 1 aliphatic rings. The second-order valence-corrected chi connectivity index (χ2v) is 10.8. The molecule has 4 rings (SSSR count). The zero-order valence-electron chi connectivity index (χ0n) is 22.1. The second-order valence-electron chi connectivity index (χ2n) is 9.75. The molecule has 2 amide bonds. The van der Waals surface area contributed by atoms with Crippen molar-refractivity contribution in [2.75, 3.05) is 20.1 Å². The maximum absolute atomic E-state index is 13.6. The summed E-state index contributed by atoms with van der Waals surface area (Å²) in [4.78, 5) is 37.3. The van der Waals surface area contributed by atoms with Crippen LogP contribution in [-0.4, -0.2) is 71.0 Å². The van der Waals surface area contributed by atoms with Gasteiger partial charge in [-0.15, -0.1) is 11.3 Å². The third-order valence-corrected chi connectivity index (χ3v) is 8.11. The normalized spacial score (nSPS) is 17.5. The number of amides is 2. The summed E-state index contributed by atoms with van der Waals surface area (Å²) < 4.78 is 0.959. The largest absolute Gasteiger partial charge is 0.384 e. The number of hydrogen-bond acceptors (Lipinski definition) is 7. The lowest BCUT2D eigenvalue weighted by Gasteiger charge is -2.30. The van der Waals surface area contributed by atoms with Crippen LogP contribution >= 0.6 is 11.3 Å². The highest BCUT2D eigenvalue weighted by atomic mass is 32.1. The first-order valence-corrected chi connectivity index (χ1v) is 14.1. The molecule has 10 nitrogen and oxygen atoms in total. The predicted molar refractivity (Wildman–Crippen MR) is 154 cm³/mol. The molecule has 0 saturated carbocycles. The number of aliphatic hydroxyl groups is 1. The molecule has 7 N–H and O–H groups in total. The number of para-hydroxylation sites is 1. The first kappa shape index (κ1) is 28.5. The number of nitrogens with zero attached hydrogens (tertiary/aromatic N) is 3. The van der Waals surface area contributed by atoms with Crippen LogP contribution in [0.25, 0.3) is 10.2 Å². The summed E-state index contributed by atoms with van der Waals surface area (Å²) in [5.74, 6) is -0.380. The third kappa shape index (κ3) is 7.31. The smallest absolute Gasteiger partial charge is 0.243 e. The first-order valence-electron chi connectivity index (χ1n) is 13.3. The molecule has 1 saturated heterocycles. The van der Waals surface area contributed by atoms with Crippen LogP contribution < -0.4 is 22.1 Å². The van der Waals surface area contributed by atoms with E-state index in [0.717, 1.165) is 22.2 Å². The van der Waals surface area contributed by atoms with Crippen molar-refractivity contribution < 1.29 is 14.7 Å². The Bertz CT molecular complexity index is 1250. The zero-order chi connectivity index (χ0) is 27.8. The van der Waals surface area contributed by atoms with E-state index in [1.54, 1.807) is 11.9 Å². The quantitative estimate of drug-likeness (QED) is 0.130. The Morgan fingerprint density at radius 1 is 1.18 bits per heavy atom. The number of likely N-dealkylation sites (tertiary alicyclic amines) is 1. The van der Waals surface area contributed by atoms with E-state index in [1.165, 1.54) is 11.3 Å². The minimum Gasteiger partial charge on any atom is -0.384 e. The number of carbonyl (C=O) groups is 2. The van der Waals surface area contributed by atoms with Crippen LogP contribution in [-0.2, 0) is 16.0 Å². The molecule has 0 bridgehead atoms. The highest BCUT2D eigenvalue weighted by molar-refractivity contribution is 7.18. The SMILES string of the molecule is CN[C@H](Cc1ccccc1)C(=O)N1CCC[C@H]1C(=O)N[C@@H](CCCN=C(N)N)C(O)c1nc2ccccc2s1. The molecule has 1 unspecified atom stereocenters. The molecule has 0 radical (unpaired) electrons. The molecule has 1 aromatic heterocycles. The summed E-state index contributed by atoms with van der Waals surface area (Å²) >= 11 is 1.40. The topological polar surface area (TPSA) is 159 Å². The minimum absolute atomic E-state index is 0.00277. The summed E-state index contributed by atoms with van der Waals surface area (Å²) in [5, 5.41) is 18.0. The van der Waals surface area contributed by atoms with Gasteiger partial charge in [0.1, 0.15) is 17.2 Å². The van der Waals surface area contributed by atoms with E-state index < -0.39 is 24.2 Å². The number of rotatable bonds is 12. The number of nitrogens with one attached hydrogen (secondary N) is 2. The van der Waals surface area contributed by atoms with Gasteiger partial charge in [0.15, 0.2) is 5.96 Å². The van der Waals surface area contributed by atoms with Crippen LogP contribution in [0.15, 0.2) is 59.6 Å². The van der Waals surface area contributed by atoms with Crippen molar-refractivity contribution in [3.8, 4) is 0 Å². The van der Waals surface area contributed by atoms with Crippen LogP contribution in [0.5, 0.6) is 0 Å². The first-order chi connectivity index (χ1) is 18.9. The van der Waals surface area contributed by atoms with Crippen LogP contribution in [0.2, 0.25) is 0 Å². The lowest BCUT2D eigenvalue weighted by molar-refractivity contribution is -0.140. The van der Waals surface area contributed by atoms with E-state index in [1.807, 2.05) is 54.6 Å². The maximum atomic E-state index is 13.6. The predicted octanol–water partition coefficient (Wildman–Crippen LogP) is 1.69. The van der Waals surface area contributed by atoms with Crippen molar-refractivity contribution >= 4 is 39.3 Å². The van der Waals surface area contributed by atoms with Crippen molar-refractivity contribution in [3.05, 3.63) is 65.2 Å². The standard InChI is InChI=1S/C28H37N7O3S/c1-31-21(17-18-9-3-2-4-10-18)27(38)35-16-8-13-22(35)25(37)33-20(12-7-15-32-28(29)30)24(36)26-34-19-11-5-6-14-23(19)39-26/h2-6,9-11,14,20-22,24,31,36H,7-8,12-13,15-17H2,1H3,(H,33,37)(H4,29,30,32)/t20-,21+,22-,24?/m0/s1. The Morgan fingerprint density at radius 3 is 2.64 bits per heavy atom. The Morgan fingerprint density at radius 2 is 1.92 bits per heavy atom. The van der Waals surface area contributed by atoms with Crippen LogP contribution in [0, 0.1) is 0 Å². The van der Waals surface area contributed by atoms with Gasteiger partial charge in [-0.3, -0.25) is 14.6 Å². The van der Waals surface area contributed by atoms with Gasteiger partial charge in [-0.1, -0.05) is 42.5 Å². The number of benzene rings is 2. The highest BCUT2D eigenvalue weighted by Crippen LogP contribution is 2.30. The summed E-state index contributed by atoms with van der Waals surface area (Å²) in [6.07, 6.45) is 1.81. The van der Waals surface area contributed by atoms with Gasteiger partial charge in [0.2, 0.25) is 11.8 Å². The average molecular weight is 552 g/mol. The molecular weight excluding hydrogens is 514 g/mol. The van der Waals surface area contributed by atoms with Gasteiger partial charge >= 0.3 is 0 Å². The fourth-order valence-corrected chi connectivity index (χ4v) is 5.98. The molecule has 208 valence electrons. The van der Waals surface area contributed by atoms with Crippen molar-refractivity contribution in [1.29, 1.82) is 0 Å². The maximum Gasteiger partial charge on any atom is 0.243 e. The molecule has 2 aromatic carbocycles. The van der Waals surface area contributed by atoms with Crippen molar-refractivity contribution in [2.24, 2.45) is 16.5 Å². The van der Waals surface area contributed by atoms with E-state index in [-0.39, 0.29) is 17.8 Å². The van der Waals surface area contributed by atoms with Crippen molar-refractivity contribution in [3.63, 3.8) is 0 Å². The molecule has 0 spiro atoms. The fraction of sp³-hybridized carbons (Fsp3) is 0.429. The van der Waals surface area contributed by atoms with E-state index in [9.17, 15) is 14.7 Å². The monoisotopic (exact) mass is 551 g/mol. The Hall–Kier alpha value is -3.54. The zero-order valence-corrected chi connectivity index (χ0v) is 22.9. The lowest BCUT2D eigenvalue weighted by Crippen LogP contribution is -2.54. The summed E-state index contributed by atoms with van der Waals surface area (Å²) in [5.41, 5.74) is 12.7. The number of carbonyl (C=O) groups excluding carboxylic acids is 2. The minimum atomic E-state index is -1.01. The van der Waals surface area contributed by atoms with Crippen LogP contribution in [0.3, 0.4) is 0 Å². The van der Waals surface area contributed by atoms with Crippen LogP contribution in [0.1, 0.15) is 42.4 Å². The Balaban J connectivity index is 1.48. The number of fused-ring (bicyclic) bond motifs is 1. The number of aromatic nitrogens is 1. The van der Waals surface area contributed by atoms with Gasteiger partial charge in [0.25, 0.3) is 0 Å². The Kier molecular flexibility index (Phi) is 9.85. The number of aliphatic imine (C=N–C) groups is 1. The van der Waals surface area contributed by atoms with Gasteiger partial charge in [0.05, 0.1) is 22.3 Å². The molecule has 0 aliphatic carbocycles. The van der Waals surface area contributed by atoms with Crippen LogP contribution in [0.4, 0.5) is 0 Å². The van der Waals surface area contributed by atoms with E-state index in [2.05, 4.69) is 20.6 Å². The number of thiazole rings is 1. The van der Waals surface area contributed by atoms with Crippen molar-refractivity contribution in [2.45, 2.75) is 56.3 Å². The van der Waals surface area contributed by atoms with Gasteiger partial charge in [-0.2, -0.15) is 0 Å². The van der Waals surface area contributed by atoms with E-state index in [0.29, 0.717) is 43.8 Å². The van der Waals surface area contributed by atoms with Gasteiger partial charge < -0.3 is 32.1 Å². The Labute approximate surface area is 232 Å². The molecule has 4 atom stereocenters. The van der Waals surface area contributed by atoms with Gasteiger partial charge in [-0.25, -0.2) is 4.98 Å². The van der Waals surface area contributed by atoms with E-state index in [4.69, 9.17) is 11.5 Å². The molecular formula is C28H37N7O3S. The van der Waals surface area contributed by atoms with Gasteiger partial charge in [-0.05, 0) is 56.8 Å². The number of aliphatic hydroxyl groups excluding tert-OH is 1. The molecule has 1 aliphatic heterocycles. The number of guanidine groups is 1. The molecule has 39 heavy (non-hydrogen) atoms.